The Hall–Kier alpha value is -4.32. The number of carbonyl (C=O) groups excluding carboxylic acids is 5. The van der Waals surface area contributed by atoms with Gasteiger partial charge in [0, 0.05) is 37.4 Å². The highest BCUT2D eigenvalue weighted by atomic mass is 35.5. The first kappa shape index (κ1) is 33.2. The number of aliphatic carboxylic acids is 1. The second-order valence-corrected chi connectivity index (χ2v) is 14.4. The van der Waals surface area contributed by atoms with Crippen molar-refractivity contribution in [1.82, 2.24) is 19.6 Å². The molecule has 4 fully saturated rings. The first-order chi connectivity index (χ1) is 23.5. The summed E-state index contributed by atoms with van der Waals surface area (Å²) < 4.78 is 0. The average molecular weight is 690 g/mol. The summed E-state index contributed by atoms with van der Waals surface area (Å²) in [7, 11) is 0. The monoisotopic (exact) mass is 689 g/mol. The molecule has 1 aromatic carbocycles. The van der Waals surface area contributed by atoms with Crippen molar-refractivity contribution in [3.63, 3.8) is 0 Å². The van der Waals surface area contributed by atoms with E-state index < -0.39 is 41.4 Å². The molecule has 0 aliphatic carbocycles. The van der Waals surface area contributed by atoms with Gasteiger partial charge in [0.05, 0.1) is 12.1 Å². The van der Waals surface area contributed by atoms with Crippen LogP contribution in [0.25, 0.3) is 0 Å². The first-order valence-corrected chi connectivity index (χ1v) is 17.6. The second-order valence-electron chi connectivity index (χ2n) is 14.0. The number of nitrogens with zero attached hydrogens (tertiary/aromatic N) is 5. The predicted octanol–water partition coefficient (Wildman–Crippen LogP) is 2.78. The van der Waals surface area contributed by atoms with Crippen molar-refractivity contribution < 1.29 is 33.9 Å². The summed E-state index contributed by atoms with van der Waals surface area (Å²) in [4.78, 5) is 92.0. The number of hydrogen-bond donors (Lipinski definition) is 1. The van der Waals surface area contributed by atoms with Crippen molar-refractivity contribution in [2.75, 3.05) is 13.1 Å². The zero-order valence-electron chi connectivity index (χ0n) is 27.4. The van der Waals surface area contributed by atoms with Crippen molar-refractivity contribution >= 4 is 52.8 Å². The van der Waals surface area contributed by atoms with Gasteiger partial charge in [-0.05, 0) is 63.0 Å². The lowest BCUT2D eigenvalue weighted by molar-refractivity contribution is -0.159. The van der Waals surface area contributed by atoms with Crippen LogP contribution in [0.3, 0.4) is 0 Å². The number of rotatable bonds is 5. The van der Waals surface area contributed by atoms with Crippen LogP contribution in [0.1, 0.15) is 63.9 Å². The first-order valence-electron chi connectivity index (χ1n) is 17.2. The molecule has 0 aromatic heterocycles. The summed E-state index contributed by atoms with van der Waals surface area (Å²) in [6.45, 7) is 1.86. The van der Waals surface area contributed by atoms with Crippen molar-refractivity contribution in [1.29, 1.82) is 0 Å². The minimum atomic E-state index is -1.36. The molecule has 6 aliphatic rings. The minimum absolute atomic E-state index is 0.0105. The Balaban J connectivity index is 1.17. The summed E-state index contributed by atoms with van der Waals surface area (Å²) >= 11 is 6.40. The number of aliphatic imine (C=N–C) groups is 1. The number of carboxylic acid groups (broad SMARTS) is 1. The quantitative estimate of drug-likeness (QED) is 0.369. The van der Waals surface area contributed by atoms with E-state index in [1.54, 1.807) is 40.1 Å². The number of hydrogen-bond acceptors (Lipinski definition) is 6. The lowest BCUT2D eigenvalue weighted by atomic mass is 9.81. The average Bonchev–Trinajstić information content (AvgIpc) is 3.81. The third-order valence-corrected chi connectivity index (χ3v) is 11.6. The lowest BCUT2D eigenvalue weighted by Crippen LogP contribution is -2.68. The number of fused-ring (bicyclic) bond motifs is 3. The van der Waals surface area contributed by atoms with Gasteiger partial charge < -0.3 is 24.7 Å². The van der Waals surface area contributed by atoms with Crippen LogP contribution in [0.15, 0.2) is 53.6 Å². The summed E-state index contributed by atoms with van der Waals surface area (Å²) in [5.74, 6) is -3.39. The molecule has 0 radical (unpaired) electrons. The number of benzene rings is 1. The molecule has 6 aliphatic heterocycles. The molecule has 13 heteroatoms. The maximum absolute atomic E-state index is 14.8. The van der Waals surface area contributed by atoms with Crippen LogP contribution >= 0.6 is 11.6 Å². The van der Waals surface area contributed by atoms with Crippen LogP contribution in [0.5, 0.6) is 0 Å². The number of carboxylic acids is 1. The van der Waals surface area contributed by atoms with E-state index in [4.69, 9.17) is 11.6 Å². The Morgan fingerprint density at radius 1 is 0.918 bits per heavy atom. The Kier molecular flexibility index (Phi) is 8.71. The van der Waals surface area contributed by atoms with E-state index in [1.165, 1.54) is 16.7 Å². The van der Waals surface area contributed by atoms with E-state index in [0.717, 1.165) is 0 Å². The highest BCUT2D eigenvalue weighted by molar-refractivity contribution is 6.42. The van der Waals surface area contributed by atoms with E-state index >= 15 is 0 Å². The fourth-order valence-corrected chi connectivity index (χ4v) is 9.12. The van der Waals surface area contributed by atoms with Gasteiger partial charge in [-0.3, -0.25) is 24.0 Å². The Labute approximate surface area is 289 Å². The van der Waals surface area contributed by atoms with Crippen LogP contribution in [0.4, 0.5) is 0 Å². The zero-order valence-corrected chi connectivity index (χ0v) is 28.1. The van der Waals surface area contributed by atoms with Gasteiger partial charge in [0.25, 0.3) is 11.8 Å². The van der Waals surface area contributed by atoms with Crippen molar-refractivity contribution in [3.05, 3.63) is 59.2 Å². The van der Waals surface area contributed by atoms with E-state index in [-0.39, 0.29) is 54.4 Å². The van der Waals surface area contributed by atoms with Gasteiger partial charge >= 0.3 is 5.97 Å². The van der Waals surface area contributed by atoms with E-state index in [1.807, 2.05) is 18.2 Å². The smallest absolute Gasteiger partial charge is 0.326 e. The molecule has 1 aromatic rings. The van der Waals surface area contributed by atoms with Crippen LogP contribution in [-0.4, -0.2) is 115 Å². The molecule has 12 nitrogen and oxygen atoms in total. The standard InChI is InChI=1S/C36H40ClN5O7/c1-21(43)38-27(20-23-6-2-3-7-26(23)37)31(44)40-18-5-4-16-36(40)17-14-25-10-12-28(42(25)35(36)49)32(45)39-19-15-22-8-9-24-11-13-29(34(47)48)41(24)33(46)30(22)39/h2-3,6-9,14,17,22,24-25,28-30H,4-5,10-13,15-16,18-20H2,1H3,(H,47,48)/b38-27-/t22-,24-,25-,28-,29-,30?,36+/m0/s1. The summed E-state index contributed by atoms with van der Waals surface area (Å²) in [5, 5.41) is 10.3. The molecule has 1 unspecified atom stereocenters. The van der Waals surface area contributed by atoms with Gasteiger partial charge in [-0.1, -0.05) is 54.1 Å². The molecule has 4 saturated heterocycles. The number of halogens is 1. The summed E-state index contributed by atoms with van der Waals surface area (Å²) in [6, 6.07) is 3.74. The van der Waals surface area contributed by atoms with Crippen LogP contribution in [0.2, 0.25) is 5.02 Å². The SMILES string of the molecule is CC(=O)/N=C(/Cc1ccccc1Cl)C(=O)N1CCCC[C@]12C=C[C@@H]1CC[C@@H](C(=O)N3CC[C@@H]4C=C[C@H]5CC[C@@H](C(=O)O)N5C(=O)C43)N1C2=O. The second kappa shape index (κ2) is 12.9. The van der Waals surface area contributed by atoms with E-state index in [9.17, 15) is 33.9 Å². The molecule has 49 heavy (non-hydrogen) atoms. The molecule has 7 rings (SSSR count). The fraction of sp³-hybridized carbons (Fsp3) is 0.528. The van der Waals surface area contributed by atoms with Gasteiger partial charge in [-0.25, -0.2) is 9.79 Å². The molecule has 0 saturated carbocycles. The van der Waals surface area contributed by atoms with E-state index in [0.29, 0.717) is 68.5 Å². The van der Waals surface area contributed by atoms with Gasteiger partial charge in [-0.15, -0.1) is 0 Å². The Bertz CT molecular complexity index is 1710. The van der Waals surface area contributed by atoms with Gasteiger partial charge in [0.2, 0.25) is 17.7 Å². The minimum Gasteiger partial charge on any atom is -0.480 e. The molecule has 5 amide bonds. The number of piperidine rings is 1. The maximum atomic E-state index is 14.8. The number of carbonyl (C=O) groups is 6. The third kappa shape index (κ3) is 5.57. The normalized spacial score (nSPS) is 32.3. The third-order valence-electron chi connectivity index (χ3n) is 11.2. The highest BCUT2D eigenvalue weighted by Gasteiger charge is 2.57. The molecular formula is C36H40ClN5O7. The van der Waals surface area contributed by atoms with E-state index in [2.05, 4.69) is 4.99 Å². The topological polar surface area (TPSA) is 148 Å². The molecule has 1 N–H and O–H groups in total. The van der Waals surface area contributed by atoms with Crippen molar-refractivity contribution in [3.8, 4) is 0 Å². The molecule has 0 bridgehead atoms. The fourth-order valence-electron chi connectivity index (χ4n) is 8.92. The van der Waals surface area contributed by atoms with Crippen LogP contribution in [-0.2, 0) is 35.2 Å². The zero-order chi connectivity index (χ0) is 34.6. The maximum Gasteiger partial charge on any atom is 0.326 e. The van der Waals surface area contributed by atoms with Crippen molar-refractivity contribution in [2.24, 2.45) is 10.9 Å². The number of amides is 5. The summed E-state index contributed by atoms with van der Waals surface area (Å²) in [6.07, 6.45) is 11.7. The lowest BCUT2D eigenvalue weighted by Gasteiger charge is -2.50. The Morgan fingerprint density at radius 3 is 2.39 bits per heavy atom. The van der Waals surface area contributed by atoms with Gasteiger partial charge in [-0.2, -0.15) is 0 Å². The molecular weight excluding hydrogens is 650 g/mol. The molecule has 258 valence electrons. The van der Waals surface area contributed by atoms with Crippen molar-refractivity contribution in [2.45, 2.75) is 100 Å². The molecule has 6 heterocycles. The Morgan fingerprint density at radius 2 is 1.65 bits per heavy atom. The highest BCUT2D eigenvalue weighted by Crippen LogP contribution is 2.42. The number of likely N-dealkylation sites (tertiary alicyclic amines) is 2. The van der Waals surface area contributed by atoms with Gasteiger partial charge in [0.1, 0.15) is 29.4 Å². The van der Waals surface area contributed by atoms with Crippen LogP contribution in [0, 0.1) is 5.92 Å². The predicted molar refractivity (Wildman–Crippen MR) is 178 cm³/mol. The summed E-state index contributed by atoms with van der Waals surface area (Å²) in [5.41, 5.74) is -0.748. The van der Waals surface area contributed by atoms with Gasteiger partial charge in [0.15, 0.2) is 0 Å². The molecule has 1 spiro atoms. The van der Waals surface area contributed by atoms with Crippen LogP contribution < -0.4 is 0 Å². The molecule has 7 atom stereocenters. The largest absolute Gasteiger partial charge is 0.480 e.